The minimum absolute atomic E-state index is 0.0554. The number of hydrogen-bond acceptors (Lipinski definition) is 7. The summed E-state index contributed by atoms with van der Waals surface area (Å²) in [6, 6.07) is 12.2. The quantitative estimate of drug-likeness (QED) is 0.305. The van der Waals surface area contributed by atoms with Crippen LogP contribution >= 0.6 is 11.3 Å². The number of anilines is 1. The Bertz CT molecular complexity index is 1480. The van der Waals surface area contributed by atoms with Gasteiger partial charge in [-0.15, -0.1) is 5.10 Å². The molecule has 0 fully saturated rings. The number of aryl methyl sites for hydroxylation is 1. The van der Waals surface area contributed by atoms with E-state index in [9.17, 15) is 9.59 Å². The van der Waals surface area contributed by atoms with Crippen LogP contribution in [0.5, 0.6) is 0 Å². The number of thiazole rings is 1. The highest BCUT2D eigenvalue weighted by Gasteiger charge is 2.19. The number of nitrogens with one attached hydrogen (secondary N) is 1. The summed E-state index contributed by atoms with van der Waals surface area (Å²) in [6.45, 7) is 10.7. The molecule has 4 rings (SSSR count). The van der Waals surface area contributed by atoms with Crippen LogP contribution in [0.25, 0.3) is 16.3 Å². The average molecular weight is 531 g/mol. The number of Topliss-reactive ketones (excluding diaryl/α,β-unsaturated/α-hetero) is 1. The molecular formula is C29H34N6O2S. The molecule has 0 radical (unpaired) electrons. The molecule has 2 aromatic heterocycles. The monoisotopic (exact) mass is 530 g/mol. The lowest BCUT2D eigenvalue weighted by atomic mass is 9.84. The van der Waals surface area contributed by atoms with Crippen molar-refractivity contribution in [2.45, 2.75) is 53.0 Å². The standard InChI is InChI=1S/C29H34N6O2S/c1-18-8-9-20(13-26(37)22-10-21(16-34(6)7)11-23(14-22)29(3,4)5)12-25(18)35-17-24(32-33-35)27-15-30-28(38-27)31-19(2)36/h8-12,14-15,17H,13,16H2,1-7H3,(H,30,31,36). The van der Waals surface area contributed by atoms with E-state index in [1.165, 1.54) is 18.3 Å². The predicted octanol–water partition coefficient (Wildman–Crippen LogP) is 5.44. The maximum Gasteiger partial charge on any atom is 0.223 e. The molecule has 1 N–H and O–H groups in total. The molecule has 8 nitrogen and oxygen atoms in total. The smallest absolute Gasteiger partial charge is 0.223 e. The van der Waals surface area contributed by atoms with Gasteiger partial charge in [0.15, 0.2) is 10.9 Å². The molecule has 0 aliphatic carbocycles. The SMILES string of the molecule is CC(=O)Nc1ncc(-c2cn(-c3cc(CC(=O)c4cc(CN(C)C)cc(C(C)(C)C)c4)ccc3C)nn2)s1. The van der Waals surface area contributed by atoms with Gasteiger partial charge in [0.05, 0.1) is 16.8 Å². The molecular weight excluding hydrogens is 496 g/mol. The summed E-state index contributed by atoms with van der Waals surface area (Å²) in [5, 5.41) is 11.8. The van der Waals surface area contributed by atoms with Crippen molar-refractivity contribution < 1.29 is 9.59 Å². The molecule has 198 valence electrons. The normalized spacial score (nSPS) is 11.7. The first-order valence-corrected chi connectivity index (χ1v) is 13.3. The Hall–Kier alpha value is -3.69. The van der Waals surface area contributed by atoms with Crippen LogP contribution in [0.15, 0.2) is 48.8 Å². The Morgan fingerprint density at radius 1 is 1.08 bits per heavy atom. The third-order valence-electron chi connectivity index (χ3n) is 6.10. The van der Waals surface area contributed by atoms with Gasteiger partial charge in [-0.3, -0.25) is 9.59 Å². The summed E-state index contributed by atoms with van der Waals surface area (Å²) >= 11 is 1.34. The molecule has 0 saturated carbocycles. The Morgan fingerprint density at radius 3 is 2.53 bits per heavy atom. The second-order valence-electron chi connectivity index (χ2n) is 10.9. The largest absolute Gasteiger partial charge is 0.305 e. The minimum Gasteiger partial charge on any atom is -0.305 e. The van der Waals surface area contributed by atoms with Crippen molar-refractivity contribution >= 4 is 28.2 Å². The van der Waals surface area contributed by atoms with Crippen LogP contribution in [-0.2, 0) is 23.2 Å². The molecule has 0 aliphatic heterocycles. The van der Waals surface area contributed by atoms with Gasteiger partial charge in [0.25, 0.3) is 0 Å². The Balaban J connectivity index is 1.59. The number of aromatic nitrogens is 4. The first-order chi connectivity index (χ1) is 17.9. The second-order valence-corrected chi connectivity index (χ2v) is 11.9. The molecule has 0 unspecified atom stereocenters. The zero-order valence-corrected chi connectivity index (χ0v) is 23.8. The van der Waals surface area contributed by atoms with E-state index in [0.29, 0.717) is 17.2 Å². The van der Waals surface area contributed by atoms with Crippen LogP contribution in [0.4, 0.5) is 5.13 Å². The van der Waals surface area contributed by atoms with Gasteiger partial charge < -0.3 is 10.2 Å². The molecule has 0 bridgehead atoms. The third-order valence-corrected chi connectivity index (χ3v) is 7.03. The van der Waals surface area contributed by atoms with Crippen LogP contribution in [0.2, 0.25) is 0 Å². The summed E-state index contributed by atoms with van der Waals surface area (Å²) < 4.78 is 1.71. The number of nitrogens with zero attached hydrogens (tertiary/aromatic N) is 5. The number of amides is 1. The van der Waals surface area contributed by atoms with Crippen LogP contribution in [0.1, 0.15) is 60.3 Å². The first-order valence-electron chi connectivity index (χ1n) is 12.5. The first kappa shape index (κ1) is 27.3. The lowest BCUT2D eigenvalue weighted by Gasteiger charge is -2.22. The maximum absolute atomic E-state index is 13.4. The van der Waals surface area contributed by atoms with E-state index in [1.807, 2.05) is 57.5 Å². The zero-order chi connectivity index (χ0) is 27.6. The molecule has 0 atom stereocenters. The summed E-state index contributed by atoms with van der Waals surface area (Å²) in [5.41, 5.74) is 6.42. The zero-order valence-electron chi connectivity index (χ0n) is 23.0. The Labute approximate surface area is 227 Å². The predicted molar refractivity (Wildman–Crippen MR) is 152 cm³/mol. The van der Waals surface area contributed by atoms with E-state index >= 15 is 0 Å². The Kier molecular flexibility index (Phi) is 7.89. The van der Waals surface area contributed by atoms with Gasteiger partial charge in [-0.05, 0) is 66.9 Å². The van der Waals surface area contributed by atoms with E-state index in [2.05, 4.69) is 52.4 Å². The topological polar surface area (TPSA) is 93.0 Å². The molecule has 9 heteroatoms. The number of carbonyl (C=O) groups is 2. The van der Waals surface area contributed by atoms with Crippen LogP contribution in [0, 0.1) is 6.92 Å². The number of benzene rings is 2. The summed E-state index contributed by atoms with van der Waals surface area (Å²) in [5.74, 6) is -0.0871. The average Bonchev–Trinajstić information content (AvgIpc) is 3.48. The van der Waals surface area contributed by atoms with Crippen molar-refractivity contribution in [3.8, 4) is 16.3 Å². The van der Waals surface area contributed by atoms with E-state index in [0.717, 1.165) is 44.9 Å². The Morgan fingerprint density at radius 2 is 1.84 bits per heavy atom. The lowest BCUT2D eigenvalue weighted by molar-refractivity contribution is -0.114. The summed E-state index contributed by atoms with van der Waals surface area (Å²) in [6.07, 6.45) is 3.79. The van der Waals surface area contributed by atoms with E-state index in [1.54, 1.807) is 10.9 Å². The number of rotatable bonds is 8. The van der Waals surface area contributed by atoms with Gasteiger partial charge in [-0.1, -0.05) is 55.5 Å². The highest BCUT2D eigenvalue weighted by molar-refractivity contribution is 7.19. The fourth-order valence-electron chi connectivity index (χ4n) is 4.14. The molecule has 0 spiro atoms. The third kappa shape index (κ3) is 6.59. The fraction of sp³-hybridized carbons (Fsp3) is 0.345. The fourth-order valence-corrected chi connectivity index (χ4v) is 4.95. The number of carbonyl (C=O) groups excluding carboxylic acids is 2. The molecule has 0 aliphatic rings. The second kappa shape index (κ2) is 11.0. The molecule has 4 aromatic rings. The highest BCUT2D eigenvalue weighted by Crippen LogP contribution is 2.29. The van der Waals surface area contributed by atoms with Gasteiger partial charge in [-0.2, -0.15) is 0 Å². The van der Waals surface area contributed by atoms with Crippen molar-refractivity contribution in [3.05, 3.63) is 76.6 Å². The van der Waals surface area contributed by atoms with Crippen molar-refractivity contribution in [3.63, 3.8) is 0 Å². The van der Waals surface area contributed by atoms with E-state index in [-0.39, 0.29) is 17.1 Å². The molecule has 1 amide bonds. The van der Waals surface area contributed by atoms with Crippen molar-refractivity contribution in [2.75, 3.05) is 19.4 Å². The van der Waals surface area contributed by atoms with Crippen LogP contribution < -0.4 is 5.32 Å². The van der Waals surface area contributed by atoms with Crippen molar-refractivity contribution in [1.82, 2.24) is 24.9 Å². The summed E-state index contributed by atoms with van der Waals surface area (Å²) in [7, 11) is 4.07. The summed E-state index contributed by atoms with van der Waals surface area (Å²) in [4.78, 5) is 31.9. The van der Waals surface area contributed by atoms with Crippen molar-refractivity contribution in [1.29, 1.82) is 0 Å². The molecule has 2 aromatic carbocycles. The van der Waals surface area contributed by atoms with E-state index in [4.69, 9.17) is 0 Å². The van der Waals surface area contributed by atoms with Gasteiger partial charge in [0.2, 0.25) is 5.91 Å². The van der Waals surface area contributed by atoms with Gasteiger partial charge >= 0.3 is 0 Å². The number of ketones is 1. The van der Waals surface area contributed by atoms with Gasteiger partial charge in [0, 0.05) is 31.6 Å². The van der Waals surface area contributed by atoms with Gasteiger partial charge in [-0.25, -0.2) is 9.67 Å². The minimum atomic E-state index is -0.171. The number of hydrogen-bond donors (Lipinski definition) is 1. The highest BCUT2D eigenvalue weighted by atomic mass is 32.1. The molecule has 38 heavy (non-hydrogen) atoms. The van der Waals surface area contributed by atoms with Crippen molar-refractivity contribution in [2.24, 2.45) is 0 Å². The van der Waals surface area contributed by atoms with Crippen LogP contribution in [-0.4, -0.2) is 50.7 Å². The van der Waals surface area contributed by atoms with Crippen LogP contribution in [0.3, 0.4) is 0 Å². The van der Waals surface area contributed by atoms with E-state index < -0.39 is 0 Å². The molecule has 2 heterocycles. The lowest BCUT2D eigenvalue weighted by Crippen LogP contribution is -2.16. The maximum atomic E-state index is 13.4. The van der Waals surface area contributed by atoms with Gasteiger partial charge in [0.1, 0.15) is 5.69 Å². The molecule has 0 saturated heterocycles.